The van der Waals surface area contributed by atoms with Crippen LogP contribution in [0.15, 0.2) is 54.6 Å². The minimum Gasteiger partial charge on any atom is -0.497 e. The molecule has 0 bridgehead atoms. The number of rotatable bonds is 4. The fraction of sp³-hybridized carbons (Fsp3) is 0.478. The summed E-state index contributed by atoms with van der Waals surface area (Å²) < 4.78 is 24.5. The van der Waals surface area contributed by atoms with Crippen LogP contribution in [0.4, 0.5) is 5.69 Å². The van der Waals surface area contributed by atoms with E-state index >= 15 is 0 Å². The van der Waals surface area contributed by atoms with Gasteiger partial charge in [-0.15, -0.1) is 0 Å². The number of fused-ring (bicyclic) bond motifs is 1. The predicted molar refractivity (Wildman–Crippen MR) is 118 cm³/mol. The van der Waals surface area contributed by atoms with Gasteiger partial charge in [-0.2, -0.15) is 0 Å². The van der Waals surface area contributed by atoms with Crippen LogP contribution in [0.1, 0.15) is 37.3 Å². The van der Waals surface area contributed by atoms with E-state index in [4.69, 9.17) is 4.74 Å². The number of nitrogens with zero attached hydrogens (tertiary/aromatic N) is 3. The molecule has 0 spiro atoms. The zero-order chi connectivity index (χ0) is 20.2. The SMILES string of the molecule is COc1ccc(N2[C@H](P3(=O)N(C)[C@@H]4CCCC[C@H]4N3C)[C@@H]2c2ccccc2)cc1. The highest BCUT2D eigenvalue weighted by Crippen LogP contribution is 2.74. The van der Waals surface area contributed by atoms with Gasteiger partial charge in [-0.25, -0.2) is 9.34 Å². The highest BCUT2D eigenvalue weighted by Gasteiger charge is 2.67. The topological polar surface area (TPSA) is 35.8 Å². The van der Waals surface area contributed by atoms with Crippen molar-refractivity contribution in [1.29, 1.82) is 0 Å². The second-order valence-corrected chi connectivity index (χ2v) is 11.5. The Labute approximate surface area is 173 Å². The van der Waals surface area contributed by atoms with Gasteiger partial charge in [-0.3, -0.25) is 4.57 Å². The first-order valence-corrected chi connectivity index (χ1v) is 12.3. The molecule has 1 aliphatic carbocycles. The molecule has 4 atom stereocenters. The Morgan fingerprint density at radius 2 is 1.48 bits per heavy atom. The maximum absolute atomic E-state index is 14.7. The number of likely N-dealkylation sites (N-methyl/N-ethyl adjacent to an activating group) is 2. The molecule has 2 aliphatic heterocycles. The van der Waals surface area contributed by atoms with Gasteiger partial charge in [0, 0.05) is 17.8 Å². The predicted octanol–water partition coefficient (Wildman–Crippen LogP) is 4.96. The van der Waals surface area contributed by atoms with Gasteiger partial charge in [0.15, 0.2) is 0 Å². The van der Waals surface area contributed by atoms with Gasteiger partial charge < -0.3 is 9.64 Å². The van der Waals surface area contributed by atoms with Crippen molar-refractivity contribution in [1.82, 2.24) is 9.34 Å². The molecule has 0 unspecified atom stereocenters. The Balaban J connectivity index is 1.55. The number of hydrogen-bond acceptors (Lipinski definition) is 3. The average Bonchev–Trinajstić information content (AvgIpc) is 3.50. The number of benzene rings is 2. The molecule has 5 nitrogen and oxygen atoms in total. The molecule has 29 heavy (non-hydrogen) atoms. The fourth-order valence-electron chi connectivity index (χ4n) is 5.60. The smallest absolute Gasteiger partial charge is 0.240 e. The molecule has 0 aromatic heterocycles. The summed E-state index contributed by atoms with van der Waals surface area (Å²) in [6, 6.07) is 19.6. The van der Waals surface area contributed by atoms with Crippen LogP contribution in [0.25, 0.3) is 0 Å². The quantitative estimate of drug-likeness (QED) is 0.525. The number of methoxy groups -OCH3 is 1. The van der Waals surface area contributed by atoms with Crippen LogP contribution in [-0.2, 0) is 4.57 Å². The lowest BCUT2D eigenvalue weighted by Crippen LogP contribution is -2.37. The summed E-state index contributed by atoms with van der Waals surface area (Å²) in [4.78, 5) is 2.35. The average molecular weight is 411 g/mol. The molecule has 0 radical (unpaired) electrons. The van der Waals surface area contributed by atoms with Gasteiger partial charge in [-0.1, -0.05) is 43.2 Å². The van der Waals surface area contributed by atoms with Crippen LogP contribution >= 0.6 is 7.44 Å². The summed E-state index contributed by atoms with van der Waals surface area (Å²) >= 11 is 0. The molecule has 154 valence electrons. The van der Waals surface area contributed by atoms with E-state index in [1.54, 1.807) is 7.11 Å². The van der Waals surface area contributed by atoms with E-state index in [0.717, 1.165) is 24.3 Å². The van der Waals surface area contributed by atoms with Crippen molar-refractivity contribution in [3.8, 4) is 5.75 Å². The molecule has 1 saturated carbocycles. The van der Waals surface area contributed by atoms with E-state index in [-0.39, 0.29) is 11.8 Å². The van der Waals surface area contributed by atoms with Gasteiger partial charge in [0.05, 0.1) is 13.2 Å². The molecule has 2 aromatic rings. The molecule has 2 heterocycles. The van der Waals surface area contributed by atoms with Crippen molar-refractivity contribution in [2.45, 2.75) is 49.6 Å². The Hall–Kier alpha value is -1.81. The second kappa shape index (κ2) is 7.16. The lowest BCUT2D eigenvalue weighted by atomic mass is 9.91. The van der Waals surface area contributed by atoms with Crippen LogP contribution < -0.4 is 9.64 Å². The summed E-state index contributed by atoms with van der Waals surface area (Å²) in [6.07, 6.45) is 4.80. The third kappa shape index (κ3) is 2.86. The van der Waals surface area contributed by atoms with Crippen LogP contribution in [0.5, 0.6) is 5.75 Å². The molecule has 0 amide bonds. The molecule has 3 fully saturated rings. The standard InChI is InChI=1S/C23H30N3O2P/c1-24-20-11-7-8-12-21(20)25(2)29(24,27)23-22(17-9-5-4-6-10-17)26(23)18-13-15-19(28-3)16-14-18/h4-6,9-10,13-16,20-23H,7-8,11-12H2,1-3H3/t20-,21-,22+,23-,26?/m1/s1. The Morgan fingerprint density at radius 3 is 2.03 bits per heavy atom. The normalized spacial score (nSPS) is 31.5. The zero-order valence-corrected chi connectivity index (χ0v) is 18.3. The molecule has 2 aromatic carbocycles. The first-order valence-electron chi connectivity index (χ1n) is 10.6. The molecule has 3 aliphatic rings. The van der Waals surface area contributed by atoms with Crippen LogP contribution in [0.2, 0.25) is 0 Å². The third-order valence-corrected chi connectivity index (χ3v) is 10.8. The zero-order valence-electron chi connectivity index (χ0n) is 17.4. The summed E-state index contributed by atoms with van der Waals surface area (Å²) in [5, 5.41) is 0. The minimum atomic E-state index is -2.72. The van der Waals surface area contributed by atoms with Crippen LogP contribution in [0, 0.1) is 0 Å². The number of hydrogen-bond donors (Lipinski definition) is 0. The van der Waals surface area contributed by atoms with E-state index in [2.05, 4.69) is 64.7 Å². The fourth-order valence-corrected chi connectivity index (χ4v) is 9.39. The van der Waals surface area contributed by atoms with Crippen molar-refractivity contribution in [3.63, 3.8) is 0 Å². The number of anilines is 1. The first kappa shape index (κ1) is 19.2. The Kier molecular flexibility index (Phi) is 4.73. The van der Waals surface area contributed by atoms with Gasteiger partial charge >= 0.3 is 0 Å². The second-order valence-electron chi connectivity index (χ2n) is 8.53. The highest BCUT2D eigenvalue weighted by molar-refractivity contribution is 7.60. The number of ether oxygens (including phenoxy) is 1. The van der Waals surface area contributed by atoms with Crippen LogP contribution in [-0.4, -0.2) is 48.4 Å². The molecule has 2 saturated heterocycles. The van der Waals surface area contributed by atoms with E-state index in [9.17, 15) is 4.57 Å². The molecule has 5 rings (SSSR count). The maximum atomic E-state index is 14.7. The van der Waals surface area contributed by atoms with Crippen molar-refractivity contribution in [3.05, 3.63) is 60.2 Å². The van der Waals surface area contributed by atoms with E-state index in [1.165, 1.54) is 18.4 Å². The lowest BCUT2D eigenvalue weighted by molar-refractivity contribution is 0.233. The van der Waals surface area contributed by atoms with Gasteiger partial charge in [0.1, 0.15) is 11.5 Å². The first-order chi connectivity index (χ1) is 14.1. The molecular weight excluding hydrogens is 381 g/mol. The lowest BCUT2D eigenvalue weighted by Gasteiger charge is -2.28. The molecular formula is C23H30N3O2P. The third-order valence-electron chi connectivity index (χ3n) is 7.19. The molecule has 6 heteroatoms. The van der Waals surface area contributed by atoms with E-state index in [0.29, 0.717) is 12.1 Å². The van der Waals surface area contributed by atoms with Gasteiger partial charge in [0.2, 0.25) is 7.44 Å². The Morgan fingerprint density at radius 1 is 0.897 bits per heavy atom. The van der Waals surface area contributed by atoms with Crippen molar-refractivity contribution in [2.75, 3.05) is 26.1 Å². The van der Waals surface area contributed by atoms with Gasteiger partial charge in [-0.05, 0) is 56.8 Å². The van der Waals surface area contributed by atoms with Crippen molar-refractivity contribution in [2.24, 2.45) is 0 Å². The van der Waals surface area contributed by atoms with Crippen molar-refractivity contribution < 1.29 is 9.30 Å². The van der Waals surface area contributed by atoms with E-state index in [1.807, 2.05) is 18.2 Å². The van der Waals surface area contributed by atoms with Crippen LogP contribution in [0.3, 0.4) is 0 Å². The Bertz CT molecular complexity index is 897. The largest absolute Gasteiger partial charge is 0.497 e. The minimum absolute atomic E-state index is 0.0149. The maximum Gasteiger partial charge on any atom is 0.240 e. The molecule has 0 N–H and O–H groups in total. The summed E-state index contributed by atoms with van der Waals surface area (Å²) in [7, 11) is 3.16. The summed E-state index contributed by atoms with van der Waals surface area (Å²) in [5.41, 5.74) is 2.34. The van der Waals surface area contributed by atoms with E-state index < -0.39 is 7.44 Å². The monoisotopic (exact) mass is 411 g/mol. The van der Waals surface area contributed by atoms with Gasteiger partial charge in [0.25, 0.3) is 0 Å². The summed E-state index contributed by atoms with van der Waals surface area (Å²) in [5.74, 6) is 0.829. The van der Waals surface area contributed by atoms with Crippen molar-refractivity contribution >= 4 is 13.1 Å². The highest BCUT2D eigenvalue weighted by atomic mass is 31.2. The summed E-state index contributed by atoms with van der Waals surface area (Å²) in [6.45, 7) is 0.